The number of aromatic hydroxyl groups is 1. The van der Waals surface area contributed by atoms with Crippen LogP contribution in [0.5, 0.6) is 11.5 Å². The second kappa shape index (κ2) is 5.88. The Morgan fingerprint density at radius 3 is 2.35 bits per heavy atom. The van der Waals surface area contributed by atoms with Crippen LogP contribution in [-0.2, 0) is 4.74 Å². The first kappa shape index (κ1) is 13.6. The summed E-state index contributed by atoms with van der Waals surface area (Å²) in [5, 5.41) is 9.43. The van der Waals surface area contributed by atoms with Gasteiger partial charge >= 0.3 is 11.9 Å². The Kier molecular flexibility index (Phi) is 4.00. The van der Waals surface area contributed by atoms with Gasteiger partial charge in [0.05, 0.1) is 12.7 Å². The molecule has 0 aromatic heterocycles. The minimum Gasteiger partial charge on any atom is -0.508 e. The van der Waals surface area contributed by atoms with Gasteiger partial charge < -0.3 is 14.6 Å². The number of phenolic OH excluding ortho intramolecular Hbond substituents is 1. The van der Waals surface area contributed by atoms with Crippen molar-refractivity contribution in [1.29, 1.82) is 0 Å². The van der Waals surface area contributed by atoms with E-state index in [1.54, 1.807) is 30.3 Å². The number of hydrogen-bond acceptors (Lipinski definition) is 5. The maximum Gasteiger partial charge on any atom is 0.343 e. The van der Waals surface area contributed by atoms with Crippen molar-refractivity contribution in [2.75, 3.05) is 7.11 Å². The summed E-state index contributed by atoms with van der Waals surface area (Å²) in [5.74, 6) is -1.44. The minimum absolute atomic E-state index is 0.0503. The third-order valence-corrected chi connectivity index (χ3v) is 2.58. The summed E-state index contributed by atoms with van der Waals surface area (Å²) >= 11 is 0. The van der Waals surface area contributed by atoms with Crippen molar-refractivity contribution in [3.63, 3.8) is 0 Å². The number of ether oxygens (including phenoxy) is 2. The van der Waals surface area contributed by atoms with Gasteiger partial charge in [-0.25, -0.2) is 9.59 Å². The Morgan fingerprint density at radius 2 is 1.70 bits per heavy atom. The lowest BCUT2D eigenvalue weighted by Gasteiger charge is -2.09. The number of carbonyl (C=O) groups is 2. The summed E-state index contributed by atoms with van der Waals surface area (Å²) < 4.78 is 9.73. The molecule has 0 saturated heterocycles. The topological polar surface area (TPSA) is 72.8 Å². The van der Waals surface area contributed by atoms with E-state index in [0.717, 1.165) is 0 Å². The summed E-state index contributed by atoms with van der Waals surface area (Å²) in [6.45, 7) is 0. The van der Waals surface area contributed by atoms with E-state index in [1.165, 1.54) is 25.3 Å². The lowest BCUT2D eigenvalue weighted by Crippen LogP contribution is -2.12. The molecule has 2 aromatic carbocycles. The van der Waals surface area contributed by atoms with Crippen LogP contribution in [-0.4, -0.2) is 24.2 Å². The SMILES string of the molecule is COC(=O)c1ccc(O)cc1OC(=O)c1ccccc1. The van der Waals surface area contributed by atoms with E-state index in [1.807, 2.05) is 0 Å². The van der Waals surface area contributed by atoms with Crippen molar-refractivity contribution in [1.82, 2.24) is 0 Å². The van der Waals surface area contributed by atoms with Crippen molar-refractivity contribution in [2.45, 2.75) is 0 Å². The molecule has 0 aliphatic heterocycles. The first-order valence-corrected chi connectivity index (χ1v) is 5.80. The van der Waals surface area contributed by atoms with Crippen LogP contribution >= 0.6 is 0 Å². The van der Waals surface area contributed by atoms with Gasteiger partial charge in [0.15, 0.2) is 0 Å². The van der Waals surface area contributed by atoms with Gasteiger partial charge in [0.25, 0.3) is 0 Å². The first-order valence-electron chi connectivity index (χ1n) is 5.80. The van der Waals surface area contributed by atoms with E-state index < -0.39 is 11.9 Å². The Morgan fingerprint density at radius 1 is 1.00 bits per heavy atom. The van der Waals surface area contributed by atoms with E-state index in [9.17, 15) is 14.7 Å². The van der Waals surface area contributed by atoms with Crippen LogP contribution in [0.15, 0.2) is 48.5 Å². The van der Waals surface area contributed by atoms with Gasteiger partial charge in [-0.3, -0.25) is 0 Å². The van der Waals surface area contributed by atoms with E-state index >= 15 is 0 Å². The molecule has 2 aromatic rings. The smallest absolute Gasteiger partial charge is 0.343 e. The molecule has 1 N–H and O–H groups in total. The number of carbonyl (C=O) groups excluding carboxylic acids is 2. The average Bonchev–Trinajstić information content (AvgIpc) is 2.47. The fourth-order valence-corrected chi connectivity index (χ4v) is 1.61. The molecule has 20 heavy (non-hydrogen) atoms. The van der Waals surface area contributed by atoms with Crippen LogP contribution in [0, 0.1) is 0 Å². The standard InChI is InChI=1S/C15H12O5/c1-19-15(18)12-8-7-11(16)9-13(12)20-14(17)10-5-3-2-4-6-10/h2-9,16H,1H3. The maximum absolute atomic E-state index is 11.9. The highest BCUT2D eigenvalue weighted by molar-refractivity contribution is 5.96. The molecule has 0 aliphatic carbocycles. The van der Waals surface area contributed by atoms with Gasteiger partial charge in [-0.1, -0.05) is 18.2 Å². The minimum atomic E-state index is -0.652. The van der Waals surface area contributed by atoms with Gasteiger partial charge in [0.1, 0.15) is 17.1 Å². The summed E-state index contributed by atoms with van der Waals surface area (Å²) in [6, 6.07) is 12.2. The van der Waals surface area contributed by atoms with Crippen LogP contribution in [0.3, 0.4) is 0 Å². The van der Waals surface area contributed by atoms with Crippen LogP contribution in [0.4, 0.5) is 0 Å². The number of phenols is 1. The zero-order valence-corrected chi connectivity index (χ0v) is 10.7. The zero-order chi connectivity index (χ0) is 14.5. The Bertz CT molecular complexity index is 634. The zero-order valence-electron chi connectivity index (χ0n) is 10.7. The van der Waals surface area contributed by atoms with E-state index in [2.05, 4.69) is 4.74 Å². The Labute approximate surface area is 115 Å². The molecule has 2 rings (SSSR count). The quantitative estimate of drug-likeness (QED) is 0.686. The van der Waals surface area contributed by atoms with E-state index in [0.29, 0.717) is 5.56 Å². The number of methoxy groups -OCH3 is 1. The van der Waals surface area contributed by atoms with Crippen molar-refractivity contribution >= 4 is 11.9 Å². The largest absolute Gasteiger partial charge is 0.508 e. The fraction of sp³-hybridized carbons (Fsp3) is 0.0667. The number of benzene rings is 2. The summed E-state index contributed by atoms with van der Waals surface area (Å²) in [6.07, 6.45) is 0. The summed E-state index contributed by atoms with van der Waals surface area (Å²) in [7, 11) is 1.22. The third kappa shape index (κ3) is 2.95. The van der Waals surface area contributed by atoms with Crippen LogP contribution < -0.4 is 4.74 Å². The van der Waals surface area contributed by atoms with Crippen LogP contribution in [0.25, 0.3) is 0 Å². The molecule has 0 fully saturated rings. The van der Waals surface area contributed by atoms with Crippen molar-refractivity contribution in [3.8, 4) is 11.5 Å². The van der Waals surface area contributed by atoms with Crippen molar-refractivity contribution in [2.24, 2.45) is 0 Å². The van der Waals surface area contributed by atoms with E-state index in [-0.39, 0.29) is 17.1 Å². The number of esters is 2. The van der Waals surface area contributed by atoms with E-state index in [4.69, 9.17) is 4.74 Å². The Hall–Kier alpha value is -2.82. The lowest BCUT2D eigenvalue weighted by molar-refractivity contribution is 0.0593. The monoisotopic (exact) mass is 272 g/mol. The molecule has 0 unspecified atom stereocenters. The summed E-state index contributed by atoms with van der Waals surface area (Å²) in [4.78, 5) is 23.5. The van der Waals surface area contributed by atoms with Gasteiger partial charge in [-0.15, -0.1) is 0 Å². The molecule has 0 bridgehead atoms. The predicted octanol–water partition coefficient (Wildman–Crippen LogP) is 2.40. The number of rotatable bonds is 3. The van der Waals surface area contributed by atoms with Gasteiger partial charge in [0.2, 0.25) is 0 Å². The molecular formula is C15H12O5. The number of hydrogen-bond donors (Lipinski definition) is 1. The fourth-order valence-electron chi connectivity index (χ4n) is 1.61. The van der Waals surface area contributed by atoms with Crippen LogP contribution in [0.2, 0.25) is 0 Å². The average molecular weight is 272 g/mol. The van der Waals surface area contributed by atoms with Gasteiger partial charge in [0, 0.05) is 6.07 Å². The highest BCUT2D eigenvalue weighted by atomic mass is 16.5. The Balaban J connectivity index is 2.31. The second-order valence-electron chi connectivity index (χ2n) is 3.93. The molecule has 0 radical (unpaired) electrons. The van der Waals surface area contributed by atoms with Gasteiger partial charge in [-0.2, -0.15) is 0 Å². The molecule has 0 aliphatic rings. The molecule has 5 nitrogen and oxygen atoms in total. The van der Waals surface area contributed by atoms with Gasteiger partial charge in [-0.05, 0) is 24.3 Å². The molecule has 0 amide bonds. The maximum atomic E-state index is 11.9. The molecule has 0 spiro atoms. The predicted molar refractivity (Wildman–Crippen MR) is 70.8 cm³/mol. The summed E-state index contributed by atoms with van der Waals surface area (Å²) in [5.41, 5.74) is 0.404. The normalized spacial score (nSPS) is 9.85. The first-order chi connectivity index (χ1) is 9.61. The van der Waals surface area contributed by atoms with Crippen molar-refractivity contribution < 1.29 is 24.2 Å². The second-order valence-corrected chi connectivity index (χ2v) is 3.93. The molecule has 0 atom stereocenters. The molecule has 102 valence electrons. The molecule has 0 heterocycles. The molecule has 0 saturated carbocycles. The van der Waals surface area contributed by atoms with Crippen LogP contribution in [0.1, 0.15) is 20.7 Å². The van der Waals surface area contributed by atoms with Crippen molar-refractivity contribution in [3.05, 3.63) is 59.7 Å². The third-order valence-electron chi connectivity index (χ3n) is 2.58. The molecular weight excluding hydrogens is 260 g/mol. The molecule has 5 heteroatoms. The lowest BCUT2D eigenvalue weighted by atomic mass is 10.2. The highest BCUT2D eigenvalue weighted by Crippen LogP contribution is 2.25. The highest BCUT2D eigenvalue weighted by Gasteiger charge is 2.17.